The zero-order valence-electron chi connectivity index (χ0n) is 18.6. The lowest BCUT2D eigenvalue weighted by Gasteiger charge is -2.29. The Kier molecular flexibility index (Phi) is 7.19. The highest BCUT2D eigenvalue weighted by Gasteiger charge is 2.16. The Morgan fingerprint density at radius 3 is 2.53 bits per heavy atom. The van der Waals surface area contributed by atoms with Crippen LogP contribution in [0.15, 0.2) is 95.9 Å². The number of allylic oxidation sites excluding steroid dienone is 5. The van der Waals surface area contributed by atoms with Crippen LogP contribution in [0.1, 0.15) is 5.56 Å². The van der Waals surface area contributed by atoms with Crippen molar-refractivity contribution in [3.8, 4) is 0 Å². The summed E-state index contributed by atoms with van der Waals surface area (Å²) in [4.78, 5) is 19.0. The lowest BCUT2D eigenvalue weighted by atomic mass is 9.96. The number of hydrogen-bond donors (Lipinski definition) is 3. The first kappa shape index (κ1) is 23.0. The summed E-state index contributed by atoms with van der Waals surface area (Å²) in [5.74, 6) is 0.190. The predicted octanol–water partition coefficient (Wildman–Crippen LogP) is 4.51. The minimum Gasteiger partial charge on any atom is -0.402 e. The van der Waals surface area contributed by atoms with Gasteiger partial charge >= 0.3 is 6.03 Å². The second kappa shape index (κ2) is 10.6. The predicted molar refractivity (Wildman–Crippen MR) is 134 cm³/mol. The lowest BCUT2D eigenvalue weighted by Crippen LogP contribution is -2.35. The summed E-state index contributed by atoms with van der Waals surface area (Å²) in [6, 6.07) is 12.8. The molecule has 8 heteroatoms. The number of nitrogens with zero attached hydrogens (tertiary/aromatic N) is 2. The number of aliphatic imine (C=N–C) groups is 1. The van der Waals surface area contributed by atoms with E-state index < -0.39 is 11.8 Å². The van der Waals surface area contributed by atoms with Crippen molar-refractivity contribution in [3.63, 3.8) is 0 Å². The van der Waals surface area contributed by atoms with Crippen molar-refractivity contribution in [2.24, 2.45) is 10.7 Å². The smallest absolute Gasteiger partial charge is 0.323 e. The van der Waals surface area contributed by atoms with Crippen molar-refractivity contribution in [1.82, 2.24) is 4.90 Å². The standard InChI is InChI=1S/C26H26FN5O2/c1-18-6-7-20(16-24(18)30-25(17-28)32-12-14-34-15-13-32)19-8-10-21(11-9-19)29-26(33)31-23-5-3-2-4-22(23)27/h2-11,16-17H,1,12-15,28H2,(H2,29,31,33)/b25-17+,30-24?. The zero-order valence-corrected chi connectivity index (χ0v) is 18.6. The molecule has 0 unspecified atom stereocenters. The molecule has 1 aliphatic heterocycles. The first-order valence-electron chi connectivity index (χ1n) is 10.9. The molecule has 1 fully saturated rings. The fourth-order valence-electron chi connectivity index (χ4n) is 3.57. The van der Waals surface area contributed by atoms with Gasteiger partial charge in [-0.05, 0) is 47.1 Å². The van der Waals surface area contributed by atoms with Crippen molar-refractivity contribution in [3.05, 3.63) is 102 Å². The van der Waals surface area contributed by atoms with E-state index in [2.05, 4.69) is 22.1 Å². The van der Waals surface area contributed by atoms with Gasteiger partial charge in [-0.25, -0.2) is 14.2 Å². The molecule has 34 heavy (non-hydrogen) atoms. The quantitative estimate of drug-likeness (QED) is 0.614. The molecule has 7 nitrogen and oxygen atoms in total. The Bertz CT molecular complexity index is 1190. The number of hydrogen-bond acceptors (Lipinski definition) is 5. The topological polar surface area (TPSA) is 92.0 Å². The van der Waals surface area contributed by atoms with Gasteiger partial charge in [0.15, 0.2) is 0 Å². The van der Waals surface area contributed by atoms with Gasteiger partial charge in [-0.15, -0.1) is 0 Å². The summed E-state index contributed by atoms with van der Waals surface area (Å²) in [7, 11) is 0. The van der Waals surface area contributed by atoms with Gasteiger partial charge in [-0.3, -0.25) is 0 Å². The van der Waals surface area contributed by atoms with E-state index in [-0.39, 0.29) is 5.69 Å². The minimum absolute atomic E-state index is 0.115. The van der Waals surface area contributed by atoms with Crippen LogP contribution in [0.25, 0.3) is 5.57 Å². The highest BCUT2D eigenvalue weighted by molar-refractivity contribution is 6.16. The Labute approximate surface area is 197 Å². The van der Waals surface area contributed by atoms with Gasteiger partial charge in [0, 0.05) is 25.0 Å². The van der Waals surface area contributed by atoms with Gasteiger partial charge in [0.05, 0.1) is 24.6 Å². The summed E-state index contributed by atoms with van der Waals surface area (Å²) in [6.07, 6.45) is 7.34. The molecule has 174 valence electrons. The Morgan fingerprint density at radius 1 is 1.09 bits per heavy atom. The van der Waals surface area contributed by atoms with E-state index in [4.69, 9.17) is 15.5 Å². The molecule has 0 radical (unpaired) electrons. The molecule has 0 spiro atoms. The molecular formula is C26H26FN5O2. The first-order valence-corrected chi connectivity index (χ1v) is 10.9. The van der Waals surface area contributed by atoms with Crippen LogP contribution >= 0.6 is 0 Å². The molecule has 1 heterocycles. The van der Waals surface area contributed by atoms with Crippen molar-refractivity contribution < 1.29 is 13.9 Å². The highest BCUT2D eigenvalue weighted by Crippen LogP contribution is 2.25. The van der Waals surface area contributed by atoms with Gasteiger partial charge in [0.25, 0.3) is 0 Å². The van der Waals surface area contributed by atoms with Crippen molar-refractivity contribution in [1.29, 1.82) is 0 Å². The minimum atomic E-state index is -0.524. The number of amides is 2. The number of ether oxygens (including phenoxy) is 1. The number of nitrogens with one attached hydrogen (secondary N) is 2. The number of nitrogens with two attached hydrogens (primary N) is 1. The van der Waals surface area contributed by atoms with Gasteiger partial charge in [0.1, 0.15) is 11.6 Å². The summed E-state index contributed by atoms with van der Waals surface area (Å²) in [5, 5.41) is 5.20. The van der Waals surface area contributed by atoms with Gasteiger partial charge < -0.3 is 26.0 Å². The molecule has 1 aliphatic carbocycles. The average Bonchev–Trinajstić information content (AvgIpc) is 2.86. The van der Waals surface area contributed by atoms with Gasteiger partial charge in [0.2, 0.25) is 0 Å². The molecule has 2 amide bonds. The normalized spacial score (nSPS) is 17.5. The molecule has 0 atom stereocenters. The maximum atomic E-state index is 13.7. The van der Waals surface area contributed by atoms with Gasteiger partial charge in [-0.2, -0.15) is 0 Å². The summed E-state index contributed by atoms with van der Waals surface area (Å²) in [5.41, 5.74) is 9.96. The number of carbonyl (C=O) groups is 1. The van der Waals surface area contributed by atoms with E-state index in [0.717, 1.165) is 35.5 Å². The number of rotatable bonds is 5. The third-order valence-electron chi connectivity index (χ3n) is 5.40. The van der Waals surface area contributed by atoms with Crippen LogP contribution in [0.3, 0.4) is 0 Å². The van der Waals surface area contributed by atoms with Crippen LogP contribution in [0.5, 0.6) is 0 Å². The highest BCUT2D eigenvalue weighted by atomic mass is 19.1. The average molecular weight is 460 g/mol. The summed E-state index contributed by atoms with van der Waals surface area (Å²) < 4.78 is 19.1. The van der Waals surface area contributed by atoms with Crippen LogP contribution in [0.2, 0.25) is 0 Å². The van der Waals surface area contributed by atoms with Crippen molar-refractivity contribution in [2.45, 2.75) is 0 Å². The maximum absolute atomic E-state index is 13.7. The third kappa shape index (κ3) is 5.60. The van der Waals surface area contributed by atoms with Crippen LogP contribution in [-0.2, 0) is 4.74 Å². The van der Waals surface area contributed by atoms with Crippen LogP contribution in [-0.4, -0.2) is 42.9 Å². The van der Waals surface area contributed by atoms with E-state index in [1.54, 1.807) is 24.3 Å². The van der Waals surface area contributed by atoms with Gasteiger partial charge in [-0.1, -0.05) is 43.0 Å². The fourth-order valence-corrected chi connectivity index (χ4v) is 3.57. The lowest BCUT2D eigenvalue weighted by molar-refractivity contribution is 0.0531. The first-order chi connectivity index (χ1) is 16.5. The number of halogens is 1. The number of para-hydroxylation sites is 1. The van der Waals surface area contributed by atoms with E-state index in [9.17, 15) is 9.18 Å². The number of morpholine rings is 1. The van der Waals surface area contributed by atoms with Crippen molar-refractivity contribution >= 4 is 28.7 Å². The number of benzene rings is 2. The molecule has 0 bridgehead atoms. The monoisotopic (exact) mass is 459 g/mol. The maximum Gasteiger partial charge on any atom is 0.323 e. The molecule has 2 aromatic carbocycles. The third-order valence-corrected chi connectivity index (χ3v) is 5.40. The SMILES string of the molecule is C=C1C=CC(c2ccc(NC(=O)Nc3ccccc3F)cc2)=CC1=N/C(=C\N)N1CCOCC1. The van der Waals surface area contributed by atoms with Crippen LogP contribution < -0.4 is 16.4 Å². The molecule has 1 saturated heterocycles. The van der Waals surface area contributed by atoms with Crippen molar-refractivity contribution in [2.75, 3.05) is 36.9 Å². The molecule has 4 rings (SSSR count). The number of anilines is 2. The molecule has 2 aliphatic rings. The van der Waals surface area contributed by atoms with Crippen LogP contribution in [0.4, 0.5) is 20.6 Å². The second-order valence-electron chi connectivity index (χ2n) is 7.72. The van der Waals surface area contributed by atoms with E-state index in [0.29, 0.717) is 24.7 Å². The summed E-state index contributed by atoms with van der Waals surface area (Å²) >= 11 is 0. The number of urea groups is 1. The molecular weight excluding hydrogens is 433 g/mol. The molecule has 4 N–H and O–H groups in total. The molecule has 0 saturated carbocycles. The van der Waals surface area contributed by atoms with E-state index in [1.807, 2.05) is 30.4 Å². The number of carbonyl (C=O) groups excluding carboxylic acids is 1. The van der Waals surface area contributed by atoms with Crippen LogP contribution in [0, 0.1) is 5.82 Å². The Balaban J connectivity index is 1.46. The molecule has 0 aromatic heterocycles. The summed E-state index contributed by atoms with van der Waals surface area (Å²) in [6.45, 7) is 6.84. The fraction of sp³-hybridized carbons (Fsp3) is 0.154. The zero-order chi connectivity index (χ0) is 23.9. The largest absolute Gasteiger partial charge is 0.402 e. The van der Waals surface area contributed by atoms with E-state index in [1.165, 1.54) is 18.3 Å². The van der Waals surface area contributed by atoms with E-state index >= 15 is 0 Å². The second-order valence-corrected chi connectivity index (χ2v) is 7.72. The Hall–Kier alpha value is -4.17. The Morgan fingerprint density at radius 2 is 1.82 bits per heavy atom. The molecule has 2 aromatic rings.